The van der Waals surface area contributed by atoms with Crippen LogP contribution in [0.25, 0.3) is 0 Å². The molecule has 6 nitrogen and oxygen atoms in total. The Hall–Kier alpha value is -1.59. The fourth-order valence-electron chi connectivity index (χ4n) is 2.09. The van der Waals surface area contributed by atoms with Gasteiger partial charge in [0.25, 0.3) is 0 Å². The Labute approximate surface area is 126 Å². The molecule has 0 rings (SSSR count). The molecule has 0 bridgehead atoms. The van der Waals surface area contributed by atoms with Gasteiger partial charge >= 0.3 is 5.97 Å². The summed E-state index contributed by atoms with van der Waals surface area (Å²) in [6.45, 7) is 2.18. The number of carboxylic acids is 1. The summed E-state index contributed by atoms with van der Waals surface area (Å²) in [7, 11) is 0. The first-order valence-electron chi connectivity index (χ1n) is 7.77. The SMILES string of the molecule is CCCCCCCCCCC(=O)N[C@@H](CC(N)=O)C(=O)O. The first-order chi connectivity index (χ1) is 9.97. The lowest BCUT2D eigenvalue weighted by Gasteiger charge is -2.12. The van der Waals surface area contributed by atoms with Crippen LogP contribution in [-0.2, 0) is 14.4 Å². The summed E-state index contributed by atoms with van der Waals surface area (Å²) in [5.74, 6) is -2.32. The largest absolute Gasteiger partial charge is 0.480 e. The van der Waals surface area contributed by atoms with Crippen molar-refractivity contribution in [2.24, 2.45) is 5.73 Å². The first-order valence-corrected chi connectivity index (χ1v) is 7.77. The average Bonchev–Trinajstić information content (AvgIpc) is 2.40. The molecule has 0 aromatic rings. The predicted octanol–water partition coefficient (Wildman–Crippen LogP) is 1.96. The monoisotopic (exact) mass is 300 g/mol. The van der Waals surface area contributed by atoms with E-state index in [-0.39, 0.29) is 18.7 Å². The molecule has 0 aromatic heterocycles. The van der Waals surface area contributed by atoms with Crippen LogP contribution >= 0.6 is 0 Å². The summed E-state index contributed by atoms with van der Waals surface area (Å²) in [4.78, 5) is 33.1. The van der Waals surface area contributed by atoms with E-state index in [4.69, 9.17) is 10.8 Å². The van der Waals surface area contributed by atoms with Crippen LogP contribution in [0.2, 0.25) is 0 Å². The van der Waals surface area contributed by atoms with Crippen LogP contribution in [0.1, 0.15) is 71.1 Å². The molecule has 0 saturated carbocycles. The number of carboxylic acid groups (broad SMARTS) is 1. The molecule has 1 atom stereocenters. The highest BCUT2D eigenvalue weighted by molar-refractivity contribution is 5.88. The number of nitrogens with one attached hydrogen (secondary N) is 1. The molecule has 122 valence electrons. The Morgan fingerprint density at radius 2 is 1.52 bits per heavy atom. The minimum atomic E-state index is -1.24. The van der Waals surface area contributed by atoms with E-state index < -0.39 is 17.9 Å². The van der Waals surface area contributed by atoms with Crippen molar-refractivity contribution in [3.05, 3.63) is 0 Å². The van der Waals surface area contributed by atoms with E-state index in [0.717, 1.165) is 19.3 Å². The molecule has 0 heterocycles. The van der Waals surface area contributed by atoms with Gasteiger partial charge in [0, 0.05) is 6.42 Å². The molecule has 4 N–H and O–H groups in total. The summed E-state index contributed by atoms with van der Waals surface area (Å²) in [6.07, 6.45) is 8.91. The fourth-order valence-corrected chi connectivity index (χ4v) is 2.09. The van der Waals surface area contributed by atoms with Crippen molar-refractivity contribution in [1.29, 1.82) is 0 Å². The molecule has 0 aliphatic heterocycles. The number of carbonyl (C=O) groups is 3. The molecule has 0 fully saturated rings. The second-order valence-corrected chi connectivity index (χ2v) is 5.35. The summed E-state index contributed by atoms with van der Waals surface area (Å²) in [6, 6.07) is -1.22. The van der Waals surface area contributed by atoms with Gasteiger partial charge in [0.1, 0.15) is 6.04 Å². The zero-order valence-electron chi connectivity index (χ0n) is 12.9. The first kappa shape index (κ1) is 19.4. The van der Waals surface area contributed by atoms with Crippen molar-refractivity contribution >= 4 is 17.8 Å². The molecule has 0 unspecified atom stereocenters. The molecular weight excluding hydrogens is 272 g/mol. The van der Waals surface area contributed by atoms with Gasteiger partial charge in [-0.25, -0.2) is 4.79 Å². The van der Waals surface area contributed by atoms with Crippen molar-refractivity contribution < 1.29 is 19.5 Å². The van der Waals surface area contributed by atoms with Gasteiger partial charge in [-0.15, -0.1) is 0 Å². The highest BCUT2D eigenvalue weighted by Gasteiger charge is 2.21. The molecule has 0 aliphatic rings. The third-order valence-corrected chi connectivity index (χ3v) is 3.30. The number of carbonyl (C=O) groups excluding carboxylic acids is 2. The Bertz CT molecular complexity index is 332. The molecule has 6 heteroatoms. The summed E-state index contributed by atoms with van der Waals surface area (Å²) in [5, 5.41) is 11.2. The molecule has 2 amide bonds. The van der Waals surface area contributed by atoms with Crippen molar-refractivity contribution in [2.45, 2.75) is 77.2 Å². The topological polar surface area (TPSA) is 109 Å². The molecule has 0 saturated heterocycles. The van der Waals surface area contributed by atoms with Crippen molar-refractivity contribution in [3.63, 3.8) is 0 Å². The van der Waals surface area contributed by atoms with Gasteiger partial charge in [-0.05, 0) is 6.42 Å². The second-order valence-electron chi connectivity index (χ2n) is 5.35. The van der Waals surface area contributed by atoms with E-state index in [1.165, 1.54) is 32.1 Å². The van der Waals surface area contributed by atoms with E-state index in [2.05, 4.69) is 12.2 Å². The highest BCUT2D eigenvalue weighted by Crippen LogP contribution is 2.09. The number of aliphatic carboxylic acids is 1. The van der Waals surface area contributed by atoms with E-state index >= 15 is 0 Å². The normalized spacial score (nSPS) is 11.9. The average molecular weight is 300 g/mol. The van der Waals surface area contributed by atoms with Gasteiger partial charge in [-0.1, -0.05) is 51.9 Å². The Morgan fingerprint density at radius 3 is 2.00 bits per heavy atom. The maximum absolute atomic E-state index is 11.6. The number of primary amides is 1. The maximum atomic E-state index is 11.6. The van der Waals surface area contributed by atoms with Crippen LogP contribution in [0, 0.1) is 0 Å². The predicted molar refractivity (Wildman–Crippen MR) is 80.6 cm³/mol. The Morgan fingerprint density at radius 1 is 1.00 bits per heavy atom. The minimum Gasteiger partial charge on any atom is -0.480 e. The van der Waals surface area contributed by atoms with Crippen molar-refractivity contribution in [1.82, 2.24) is 5.32 Å². The number of amides is 2. The molecule has 0 spiro atoms. The number of hydrogen-bond acceptors (Lipinski definition) is 3. The van der Waals surface area contributed by atoms with E-state index in [9.17, 15) is 14.4 Å². The lowest BCUT2D eigenvalue weighted by atomic mass is 10.1. The molecule has 0 radical (unpaired) electrons. The Balaban J connectivity index is 3.69. The molecular formula is C15H28N2O4. The molecule has 21 heavy (non-hydrogen) atoms. The fraction of sp³-hybridized carbons (Fsp3) is 0.800. The lowest BCUT2D eigenvalue weighted by molar-refractivity contribution is -0.143. The van der Waals surface area contributed by atoms with E-state index in [1.54, 1.807) is 0 Å². The van der Waals surface area contributed by atoms with Gasteiger partial charge in [-0.3, -0.25) is 9.59 Å². The van der Waals surface area contributed by atoms with Crippen LogP contribution in [-0.4, -0.2) is 28.9 Å². The van der Waals surface area contributed by atoms with Gasteiger partial charge in [0.05, 0.1) is 6.42 Å². The van der Waals surface area contributed by atoms with Crippen LogP contribution in [0.5, 0.6) is 0 Å². The smallest absolute Gasteiger partial charge is 0.326 e. The number of hydrogen-bond donors (Lipinski definition) is 3. The molecule has 0 aliphatic carbocycles. The standard InChI is InChI=1S/C15H28N2O4/c1-2-3-4-5-6-7-8-9-10-14(19)17-12(15(20)21)11-13(16)18/h12H,2-11H2,1H3,(H2,16,18)(H,17,19)(H,20,21)/t12-/m0/s1. The van der Waals surface area contributed by atoms with Crippen molar-refractivity contribution in [3.8, 4) is 0 Å². The highest BCUT2D eigenvalue weighted by atomic mass is 16.4. The van der Waals surface area contributed by atoms with Crippen LogP contribution in [0.4, 0.5) is 0 Å². The van der Waals surface area contributed by atoms with E-state index in [1.807, 2.05) is 0 Å². The summed E-state index contributed by atoms with van der Waals surface area (Å²) < 4.78 is 0. The van der Waals surface area contributed by atoms with Gasteiger partial charge in [0.2, 0.25) is 11.8 Å². The van der Waals surface area contributed by atoms with Gasteiger partial charge < -0.3 is 16.2 Å². The molecule has 0 aromatic carbocycles. The Kier molecular flexibility index (Phi) is 11.3. The number of unbranched alkanes of at least 4 members (excludes halogenated alkanes) is 7. The van der Waals surface area contributed by atoms with Crippen LogP contribution in [0.15, 0.2) is 0 Å². The number of rotatable bonds is 13. The zero-order valence-corrected chi connectivity index (χ0v) is 12.9. The van der Waals surface area contributed by atoms with E-state index in [0.29, 0.717) is 0 Å². The third-order valence-electron chi connectivity index (χ3n) is 3.30. The third kappa shape index (κ3) is 11.9. The number of nitrogens with two attached hydrogens (primary N) is 1. The van der Waals surface area contributed by atoms with Crippen LogP contribution < -0.4 is 11.1 Å². The van der Waals surface area contributed by atoms with Crippen molar-refractivity contribution in [2.75, 3.05) is 0 Å². The minimum absolute atomic E-state index is 0.289. The second kappa shape index (κ2) is 12.2. The lowest BCUT2D eigenvalue weighted by Crippen LogP contribution is -2.43. The van der Waals surface area contributed by atoms with Crippen LogP contribution in [0.3, 0.4) is 0 Å². The quantitative estimate of drug-likeness (QED) is 0.452. The zero-order chi connectivity index (χ0) is 16.1. The van der Waals surface area contributed by atoms with Gasteiger partial charge in [-0.2, -0.15) is 0 Å². The van der Waals surface area contributed by atoms with Gasteiger partial charge in [0.15, 0.2) is 0 Å². The summed E-state index contributed by atoms with van der Waals surface area (Å²) in [5.41, 5.74) is 4.94. The summed E-state index contributed by atoms with van der Waals surface area (Å²) >= 11 is 0. The maximum Gasteiger partial charge on any atom is 0.326 e.